The molecule has 0 saturated carbocycles. The smallest absolute Gasteiger partial charge is 0.220 e. The third kappa shape index (κ3) is 2.78. The van der Waals surface area contributed by atoms with Crippen LogP contribution in [-0.2, 0) is 9.53 Å². The van der Waals surface area contributed by atoms with Crippen LogP contribution in [0, 0.1) is 11.8 Å². The van der Waals surface area contributed by atoms with Gasteiger partial charge in [-0.15, -0.1) is 0 Å². The van der Waals surface area contributed by atoms with Gasteiger partial charge >= 0.3 is 0 Å². The molecule has 2 heterocycles. The predicted octanol–water partition coefficient (Wildman–Crippen LogP) is -0.374. The van der Waals surface area contributed by atoms with Gasteiger partial charge in [0.1, 0.15) is 0 Å². The van der Waals surface area contributed by atoms with E-state index in [1.165, 1.54) is 0 Å². The first kappa shape index (κ1) is 12.8. The van der Waals surface area contributed by atoms with Crippen LogP contribution in [0.15, 0.2) is 0 Å². The molecule has 2 aliphatic rings. The Hall–Kier alpha value is -0.650. The maximum atomic E-state index is 11.4. The minimum absolute atomic E-state index is 0.0135. The number of hydrogen-bond acceptors (Lipinski definition) is 4. The molecular formula is C12H22N2O3. The zero-order valence-electron chi connectivity index (χ0n) is 10.3. The van der Waals surface area contributed by atoms with Crippen LogP contribution in [-0.4, -0.2) is 42.4 Å². The molecule has 17 heavy (non-hydrogen) atoms. The van der Waals surface area contributed by atoms with Crippen molar-refractivity contribution in [2.45, 2.75) is 44.4 Å². The molecule has 4 N–H and O–H groups in total. The Morgan fingerprint density at radius 3 is 3.00 bits per heavy atom. The van der Waals surface area contributed by atoms with Crippen molar-refractivity contribution < 1.29 is 14.6 Å². The van der Waals surface area contributed by atoms with Crippen LogP contribution in [0.4, 0.5) is 0 Å². The van der Waals surface area contributed by atoms with Crippen molar-refractivity contribution in [1.29, 1.82) is 0 Å². The van der Waals surface area contributed by atoms with Crippen LogP contribution in [0.5, 0.6) is 0 Å². The number of carbonyl (C=O) groups is 1. The number of rotatable bonds is 2. The molecular weight excluding hydrogens is 220 g/mol. The summed E-state index contributed by atoms with van der Waals surface area (Å²) in [4.78, 5) is 11.4. The molecule has 0 aromatic carbocycles. The Morgan fingerprint density at radius 2 is 2.35 bits per heavy atom. The molecule has 0 bridgehead atoms. The Labute approximate surface area is 102 Å². The highest BCUT2D eigenvalue weighted by Crippen LogP contribution is 2.33. The normalized spacial score (nSPS) is 43.2. The maximum Gasteiger partial charge on any atom is 0.220 e. The number of aliphatic hydroxyl groups is 1. The predicted molar refractivity (Wildman–Crippen MR) is 63.2 cm³/mol. The van der Waals surface area contributed by atoms with E-state index < -0.39 is 0 Å². The van der Waals surface area contributed by atoms with Gasteiger partial charge in [-0.05, 0) is 24.7 Å². The number of nitrogens with one attached hydrogen (secondary N) is 1. The average Bonchev–Trinajstić information content (AvgIpc) is 2.30. The molecule has 5 heteroatoms. The molecule has 0 spiro atoms. The molecule has 5 atom stereocenters. The van der Waals surface area contributed by atoms with Gasteiger partial charge in [0, 0.05) is 13.0 Å². The lowest BCUT2D eigenvalue weighted by molar-refractivity contribution is -0.187. The summed E-state index contributed by atoms with van der Waals surface area (Å²) in [6.45, 7) is 2.85. The van der Waals surface area contributed by atoms with Crippen molar-refractivity contribution in [3.63, 3.8) is 0 Å². The van der Waals surface area contributed by atoms with Crippen LogP contribution >= 0.6 is 0 Å². The molecule has 0 radical (unpaired) electrons. The first-order chi connectivity index (χ1) is 8.11. The van der Waals surface area contributed by atoms with Crippen LogP contribution in [0.3, 0.4) is 0 Å². The molecule has 0 aromatic heterocycles. The van der Waals surface area contributed by atoms with Crippen molar-refractivity contribution in [2.75, 3.05) is 13.2 Å². The fourth-order valence-electron chi connectivity index (χ4n) is 2.80. The Bertz CT molecular complexity index is 285. The van der Waals surface area contributed by atoms with E-state index in [4.69, 9.17) is 15.6 Å². The van der Waals surface area contributed by atoms with Gasteiger partial charge in [0.15, 0.2) is 0 Å². The largest absolute Gasteiger partial charge is 0.394 e. The second-order valence-electron chi connectivity index (χ2n) is 5.34. The highest BCUT2D eigenvalue weighted by molar-refractivity contribution is 5.75. The van der Waals surface area contributed by atoms with Gasteiger partial charge in [0.25, 0.3) is 0 Å². The third-order valence-corrected chi connectivity index (χ3v) is 3.88. The van der Waals surface area contributed by atoms with E-state index in [1.807, 2.05) is 0 Å². The molecule has 2 saturated heterocycles. The molecule has 5 nitrogen and oxygen atoms in total. The molecule has 1 amide bonds. The lowest BCUT2D eigenvalue weighted by Gasteiger charge is -2.46. The van der Waals surface area contributed by atoms with Crippen molar-refractivity contribution >= 4 is 5.91 Å². The van der Waals surface area contributed by atoms with Crippen LogP contribution in [0.1, 0.15) is 26.2 Å². The van der Waals surface area contributed by atoms with Gasteiger partial charge in [0.05, 0.1) is 24.9 Å². The van der Waals surface area contributed by atoms with E-state index >= 15 is 0 Å². The standard InChI is InChI=1S/C12H22N2O3/c1-7-4-8(2-3-10(16)14-5-7)12-11(13)9(6-15)17-12/h7-9,11-12,15H,2-6,13H2,1H3,(H,14,16). The summed E-state index contributed by atoms with van der Waals surface area (Å²) >= 11 is 0. The summed E-state index contributed by atoms with van der Waals surface area (Å²) in [6, 6.07) is -0.0836. The summed E-state index contributed by atoms with van der Waals surface area (Å²) in [5, 5.41) is 11.9. The summed E-state index contributed by atoms with van der Waals surface area (Å²) in [5.74, 6) is 0.912. The van der Waals surface area contributed by atoms with Gasteiger partial charge in [-0.25, -0.2) is 0 Å². The monoisotopic (exact) mass is 242 g/mol. The zero-order chi connectivity index (χ0) is 12.4. The van der Waals surface area contributed by atoms with Crippen LogP contribution < -0.4 is 11.1 Å². The van der Waals surface area contributed by atoms with E-state index in [0.717, 1.165) is 19.4 Å². The van der Waals surface area contributed by atoms with Gasteiger partial charge in [-0.1, -0.05) is 6.92 Å². The SMILES string of the molecule is CC1CNC(=O)CCC(C2OC(CO)C2N)C1. The Kier molecular flexibility index (Phi) is 4.01. The molecule has 98 valence electrons. The fraction of sp³-hybridized carbons (Fsp3) is 0.917. The topological polar surface area (TPSA) is 84.6 Å². The lowest BCUT2D eigenvalue weighted by Crippen LogP contribution is -2.63. The minimum Gasteiger partial charge on any atom is -0.394 e. The molecule has 0 aromatic rings. The van der Waals surface area contributed by atoms with Crippen molar-refractivity contribution in [3.05, 3.63) is 0 Å². The molecule has 2 fully saturated rings. The van der Waals surface area contributed by atoms with Gasteiger partial charge in [-0.3, -0.25) is 4.79 Å². The number of carbonyl (C=O) groups excluding carboxylic acids is 1. The number of ether oxygens (including phenoxy) is 1. The highest BCUT2D eigenvalue weighted by atomic mass is 16.5. The number of nitrogens with two attached hydrogens (primary N) is 1. The zero-order valence-corrected chi connectivity index (χ0v) is 10.3. The first-order valence-electron chi connectivity index (χ1n) is 6.40. The summed E-state index contributed by atoms with van der Waals surface area (Å²) < 4.78 is 5.61. The average molecular weight is 242 g/mol. The quantitative estimate of drug-likeness (QED) is 0.616. The second kappa shape index (κ2) is 5.33. The lowest BCUT2D eigenvalue weighted by atomic mass is 9.79. The van der Waals surface area contributed by atoms with E-state index in [1.54, 1.807) is 0 Å². The third-order valence-electron chi connectivity index (χ3n) is 3.88. The van der Waals surface area contributed by atoms with Gasteiger partial charge in [0.2, 0.25) is 5.91 Å². The summed E-state index contributed by atoms with van der Waals surface area (Å²) in [6.07, 6.45) is 2.20. The van der Waals surface area contributed by atoms with E-state index in [2.05, 4.69) is 12.2 Å². The van der Waals surface area contributed by atoms with Crippen molar-refractivity contribution in [3.8, 4) is 0 Å². The first-order valence-corrected chi connectivity index (χ1v) is 6.40. The maximum absolute atomic E-state index is 11.4. The van der Waals surface area contributed by atoms with Crippen molar-refractivity contribution in [2.24, 2.45) is 17.6 Å². The summed E-state index contributed by atoms with van der Waals surface area (Å²) in [7, 11) is 0. The van der Waals surface area contributed by atoms with Gasteiger partial charge < -0.3 is 20.9 Å². The van der Waals surface area contributed by atoms with E-state index in [-0.39, 0.29) is 30.8 Å². The Balaban J connectivity index is 1.92. The molecule has 0 aliphatic carbocycles. The van der Waals surface area contributed by atoms with Crippen LogP contribution in [0.25, 0.3) is 0 Å². The fourth-order valence-corrected chi connectivity index (χ4v) is 2.80. The van der Waals surface area contributed by atoms with Crippen molar-refractivity contribution in [1.82, 2.24) is 5.32 Å². The number of amides is 1. The molecule has 5 unspecified atom stereocenters. The van der Waals surface area contributed by atoms with E-state index in [9.17, 15) is 4.79 Å². The number of hydrogen-bond donors (Lipinski definition) is 3. The summed E-state index contributed by atoms with van der Waals surface area (Å²) in [5.41, 5.74) is 5.99. The highest BCUT2D eigenvalue weighted by Gasteiger charge is 2.44. The Morgan fingerprint density at radius 1 is 1.59 bits per heavy atom. The van der Waals surface area contributed by atoms with E-state index in [0.29, 0.717) is 18.3 Å². The second-order valence-corrected chi connectivity index (χ2v) is 5.34. The van der Waals surface area contributed by atoms with Crippen LogP contribution in [0.2, 0.25) is 0 Å². The van der Waals surface area contributed by atoms with Gasteiger partial charge in [-0.2, -0.15) is 0 Å². The number of aliphatic hydroxyl groups excluding tert-OH is 1. The molecule has 2 aliphatic heterocycles. The molecule has 2 rings (SSSR count). The minimum atomic E-state index is -0.213.